The van der Waals surface area contributed by atoms with Crippen molar-refractivity contribution in [1.29, 1.82) is 0 Å². The Balaban J connectivity index is 1.21. The van der Waals surface area contributed by atoms with E-state index >= 15 is 0 Å². The highest BCUT2D eigenvalue weighted by Crippen LogP contribution is 2.46. The van der Waals surface area contributed by atoms with Gasteiger partial charge in [-0.05, 0) is 50.7 Å². The van der Waals surface area contributed by atoms with Crippen LogP contribution in [-0.2, 0) is 19.1 Å². The van der Waals surface area contributed by atoms with E-state index in [1.165, 1.54) is 29.4 Å². The highest BCUT2D eigenvalue weighted by atomic mass is 35.5. The van der Waals surface area contributed by atoms with E-state index in [4.69, 9.17) is 35.8 Å². The second-order valence-electron chi connectivity index (χ2n) is 16.7. The van der Waals surface area contributed by atoms with E-state index < -0.39 is 58.9 Å². The molecular weight excluding hydrogens is 772 g/mol. The van der Waals surface area contributed by atoms with E-state index in [1.54, 1.807) is 18.2 Å². The van der Waals surface area contributed by atoms with Crippen molar-refractivity contribution in [1.82, 2.24) is 25.5 Å². The number of thiazole rings is 1. The second-order valence-corrected chi connectivity index (χ2v) is 18.0. The molecule has 0 spiro atoms. The van der Waals surface area contributed by atoms with Gasteiger partial charge < -0.3 is 40.2 Å². The molecule has 3 amide bonds. The first-order valence-corrected chi connectivity index (χ1v) is 20.5. The Labute approximate surface area is 340 Å². The fourth-order valence-corrected chi connectivity index (χ4v) is 9.30. The molecule has 3 heterocycles. The lowest BCUT2D eigenvalue weighted by atomic mass is 9.85. The van der Waals surface area contributed by atoms with Crippen LogP contribution in [0.25, 0.3) is 22.3 Å². The molecule has 4 aliphatic rings. The number of nitrogens with zero attached hydrogens (tertiary/aromatic N) is 3. The molecule has 16 heteroatoms. The zero-order valence-electron chi connectivity index (χ0n) is 32.8. The summed E-state index contributed by atoms with van der Waals surface area (Å²) in [5.41, 5.74) is -0.866. The van der Waals surface area contributed by atoms with Crippen molar-refractivity contribution in [2.75, 3.05) is 19.0 Å². The van der Waals surface area contributed by atoms with Gasteiger partial charge in [-0.3, -0.25) is 9.59 Å². The number of benzene rings is 1. The number of amides is 3. The smallest absolute Gasteiger partial charge is 0.408 e. The number of likely N-dealkylation sites (tertiary alicyclic amines) is 1. The summed E-state index contributed by atoms with van der Waals surface area (Å²) in [7, 11) is 1.51. The molecule has 57 heavy (non-hydrogen) atoms. The number of nitrogens with one attached hydrogen (secondary N) is 3. The number of aromatic nitrogens is 2. The highest BCUT2D eigenvalue weighted by molar-refractivity contribution is 7.14. The monoisotopic (exact) mass is 820 g/mol. The second kappa shape index (κ2) is 15.5. The number of carbonyl (C=O) groups excluding carboxylic acids is 3. The molecule has 2 aromatic heterocycles. The molecule has 304 valence electrons. The summed E-state index contributed by atoms with van der Waals surface area (Å²) in [6.45, 7) is 13.2. The normalized spacial score (nSPS) is 26.6. The average Bonchev–Trinajstić information content (AvgIpc) is 3.61. The summed E-state index contributed by atoms with van der Waals surface area (Å²) in [5, 5.41) is 22.4. The van der Waals surface area contributed by atoms with Crippen LogP contribution < -0.4 is 25.4 Å². The maximum absolute atomic E-state index is 14.7. The molecule has 2 bridgehead atoms. The summed E-state index contributed by atoms with van der Waals surface area (Å²) in [4.78, 5) is 65.7. The molecule has 1 aromatic carbocycles. The molecule has 4 N–H and O–H groups in total. The van der Waals surface area contributed by atoms with Crippen LogP contribution >= 0.6 is 22.9 Å². The number of fused-ring (bicyclic) bond motifs is 3. The molecular formula is C41H49ClN6O8S. The van der Waals surface area contributed by atoms with Gasteiger partial charge in [-0.15, -0.1) is 17.9 Å². The Morgan fingerprint density at radius 3 is 2.42 bits per heavy atom. The SMILES string of the molecule is C=CC1C[C@]1(NC(=O)C1C[C@@H](Oc2cc(-c3csc(NC(C)C)n3)nc3c(Cl)c(OC)ccc23)CN1C(=O)[C@@H](NC(=O)OC1C2C=CC1CC2)C(C)(C)C)C(=O)O. The number of pyridine rings is 1. The minimum atomic E-state index is -1.53. The zero-order chi connectivity index (χ0) is 41.0. The Kier molecular flexibility index (Phi) is 10.9. The largest absolute Gasteiger partial charge is 0.495 e. The summed E-state index contributed by atoms with van der Waals surface area (Å²) >= 11 is 8.25. The van der Waals surface area contributed by atoms with Crippen LogP contribution in [0.3, 0.4) is 0 Å². The number of alkyl carbamates (subject to hydrolysis) is 1. The number of hydrogen-bond acceptors (Lipinski definition) is 11. The maximum atomic E-state index is 14.7. The molecule has 1 aliphatic heterocycles. The summed E-state index contributed by atoms with van der Waals surface area (Å²) in [5.74, 6) is -1.75. The molecule has 4 unspecified atom stereocenters. The number of anilines is 1. The van der Waals surface area contributed by atoms with Gasteiger partial charge in [0.2, 0.25) is 11.8 Å². The maximum Gasteiger partial charge on any atom is 0.408 e. The molecule has 3 fully saturated rings. The number of halogens is 1. The Morgan fingerprint density at radius 2 is 1.82 bits per heavy atom. The van der Waals surface area contributed by atoms with Gasteiger partial charge in [0.25, 0.3) is 0 Å². The molecule has 14 nitrogen and oxygen atoms in total. The molecule has 0 radical (unpaired) electrons. The minimum Gasteiger partial charge on any atom is -0.495 e. The van der Waals surface area contributed by atoms with Crippen molar-refractivity contribution in [3.8, 4) is 22.9 Å². The zero-order valence-corrected chi connectivity index (χ0v) is 34.4. The van der Waals surface area contributed by atoms with Crippen molar-refractivity contribution in [2.24, 2.45) is 23.2 Å². The first-order valence-electron chi connectivity index (χ1n) is 19.2. The lowest BCUT2D eigenvalue weighted by molar-refractivity contribution is -0.146. The third-order valence-electron chi connectivity index (χ3n) is 11.3. The van der Waals surface area contributed by atoms with Crippen LogP contribution in [0.2, 0.25) is 5.02 Å². The number of aliphatic carboxylic acids is 1. The predicted octanol–water partition coefficient (Wildman–Crippen LogP) is 6.44. The number of carbonyl (C=O) groups is 4. The first-order chi connectivity index (χ1) is 27.0. The van der Waals surface area contributed by atoms with E-state index in [9.17, 15) is 24.3 Å². The third kappa shape index (κ3) is 7.88. The summed E-state index contributed by atoms with van der Waals surface area (Å²) in [6, 6.07) is 3.15. The molecule has 3 aliphatic carbocycles. The number of hydrogen-bond donors (Lipinski definition) is 4. The lowest BCUT2D eigenvalue weighted by Gasteiger charge is -2.35. The topological polar surface area (TPSA) is 181 Å². The van der Waals surface area contributed by atoms with Gasteiger partial charge in [-0.25, -0.2) is 19.6 Å². The summed E-state index contributed by atoms with van der Waals surface area (Å²) in [6.07, 6.45) is 5.97. The Morgan fingerprint density at radius 1 is 1.11 bits per heavy atom. The number of rotatable bonds is 13. The van der Waals surface area contributed by atoms with E-state index in [2.05, 4.69) is 34.7 Å². The average molecular weight is 821 g/mol. The van der Waals surface area contributed by atoms with Crippen molar-refractivity contribution in [3.63, 3.8) is 0 Å². The number of carboxylic acid groups (broad SMARTS) is 1. The number of methoxy groups -OCH3 is 1. The van der Waals surface area contributed by atoms with Crippen molar-refractivity contribution in [3.05, 3.63) is 53.4 Å². The van der Waals surface area contributed by atoms with Crippen LogP contribution in [0, 0.1) is 23.2 Å². The van der Waals surface area contributed by atoms with E-state index in [1.807, 2.05) is 40.0 Å². The van der Waals surface area contributed by atoms with Crippen LogP contribution in [0.1, 0.15) is 60.3 Å². The van der Waals surface area contributed by atoms with Crippen molar-refractivity contribution in [2.45, 2.75) is 96.2 Å². The van der Waals surface area contributed by atoms with Crippen molar-refractivity contribution < 1.29 is 38.5 Å². The van der Waals surface area contributed by atoms with Gasteiger partial charge >= 0.3 is 12.1 Å². The van der Waals surface area contributed by atoms with Crippen molar-refractivity contribution >= 4 is 62.8 Å². The third-order valence-corrected chi connectivity index (χ3v) is 12.5. The fourth-order valence-electron chi connectivity index (χ4n) is 8.17. The summed E-state index contributed by atoms with van der Waals surface area (Å²) < 4.78 is 18.1. The Hall–Kier alpha value is -4.89. The van der Waals surface area contributed by atoms with Crippen LogP contribution in [-0.4, -0.2) is 93.4 Å². The quantitative estimate of drug-likeness (QED) is 0.139. The van der Waals surface area contributed by atoms with Gasteiger partial charge in [0.1, 0.15) is 52.0 Å². The van der Waals surface area contributed by atoms with Crippen LogP contribution in [0.15, 0.2) is 48.4 Å². The fraction of sp³-hybridized carbons (Fsp3) is 0.512. The van der Waals surface area contributed by atoms with Gasteiger partial charge in [-0.2, -0.15) is 0 Å². The van der Waals surface area contributed by atoms with E-state index in [0.717, 1.165) is 12.8 Å². The van der Waals surface area contributed by atoms with Crippen LogP contribution in [0.4, 0.5) is 9.93 Å². The van der Waals surface area contributed by atoms with Crippen LogP contribution in [0.5, 0.6) is 11.5 Å². The first kappa shape index (κ1) is 40.3. The van der Waals surface area contributed by atoms with Gasteiger partial charge in [0.15, 0.2) is 5.13 Å². The predicted molar refractivity (Wildman–Crippen MR) is 217 cm³/mol. The molecule has 2 saturated carbocycles. The standard InChI is InChI=1S/C41H49ClN6O8S/c1-8-23-17-41(23,37(51)52)47-35(49)28-15-24(18-48(28)36(50)34(40(4,5)6)46-39(53)56-33-21-9-10-22(33)12-11-21)55-30-16-26(27-19-57-38(45-27)43-20(2)3)44-32-25(30)13-14-29(54-7)31(32)42/h8-10,13-14,16,19-24,28,33-34H,1,11-12,15,17-18H2,2-7H3,(H,43,45)(H,46,53)(H,47,49)(H,51,52)/t21?,22?,23?,24-,28?,33?,34-,41-/m1/s1. The molecule has 7 atom stereocenters. The molecule has 1 saturated heterocycles. The van der Waals surface area contributed by atoms with E-state index in [0.29, 0.717) is 38.9 Å². The molecule has 7 rings (SSSR count). The number of ether oxygens (including phenoxy) is 3. The number of carboxylic acids is 1. The molecule has 3 aromatic rings. The lowest BCUT2D eigenvalue weighted by Crippen LogP contribution is -2.59. The van der Waals surface area contributed by atoms with Gasteiger partial charge in [-0.1, -0.05) is 50.6 Å². The highest BCUT2D eigenvalue weighted by Gasteiger charge is 2.61. The van der Waals surface area contributed by atoms with E-state index in [-0.39, 0.29) is 48.4 Å². The minimum absolute atomic E-state index is 0.0205. The van der Waals surface area contributed by atoms with Gasteiger partial charge in [0.05, 0.1) is 24.9 Å². The van der Waals surface area contributed by atoms with Gasteiger partial charge in [0, 0.05) is 47.0 Å². The Bertz CT molecular complexity index is 2120.